The Kier molecular flexibility index (Phi) is 8.18. The fourth-order valence-electron chi connectivity index (χ4n) is 1.73. The number of aliphatic hydroxyl groups is 2. The summed E-state index contributed by atoms with van der Waals surface area (Å²) in [5.74, 6) is -1.23. The fraction of sp³-hybridized carbons (Fsp3) is 0.438. The number of aliphatic hydroxyl groups excluding tert-OH is 2. The first-order valence-electron chi connectivity index (χ1n) is 7.38. The van der Waals surface area contributed by atoms with Gasteiger partial charge in [0, 0.05) is 6.21 Å². The van der Waals surface area contributed by atoms with E-state index < -0.39 is 17.8 Å². The molecule has 8 heteroatoms. The summed E-state index contributed by atoms with van der Waals surface area (Å²) in [6, 6.07) is 2.48. The van der Waals surface area contributed by atoms with E-state index in [9.17, 15) is 15.0 Å². The van der Waals surface area contributed by atoms with Crippen molar-refractivity contribution in [1.29, 1.82) is 0 Å². The van der Waals surface area contributed by atoms with Gasteiger partial charge in [-0.15, -0.1) is 0 Å². The Hall–Kier alpha value is -1.63. The van der Waals surface area contributed by atoms with Gasteiger partial charge in [-0.3, -0.25) is 4.99 Å². The zero-order valence-corrected chi connectivity index (χ0v) is 15.2. The summed E-state index contributed by atoms with van der Waals surface area (Å²) < 4.78 is 4.93. The molecule has 0 aliphatic heterocycles. The minimum Gasteiger partial charge on any atom is -0.505 e. The molecule has 1 aromatic rings. The Morgan fingerprint density at radius 1 is 1.42 bits per heavy atom. The summed E-state index contributed by atoms with van der Waals surface area (Å²) in [5.41, 5.74) is -0.267. The maximum Gasteiger partial charge on any atom is 0.343 e. The minimum absolute atomic E-state index is 0.0460. The first-order chi connectivity index (χ1) is 11.3. The molecular weight excluding hydrogens is 355 g/mol. The van der Waals surface area contributed by atoms with Crippen molar-refractivity contribution in [3.63, 3.8) is 0 Å². The highest BCUT2D eigenvalue weighted by Crippen LogP contribution is 2.25. The smallest absolute Gasteiger partial charge is 0.343 e. The molecule has 132 valence electrons. The van der Waals surface area contributed by atoms with Crippen LogP contribution >= 0.6 is 23.2 Å². The van der Waals surface area contributed by atoms with Crippen molar-refractivity contribution in [3.8, 4) is 0 Å². The summed E-state index contributed by atoms with van der Waals surface area (Å²) in [6.45, 7) is 5.32. The lowest BCUT2D eigenvalue weighted by Gasteiger charge is -2.13. The van der Waals surface area contributed by atoms with Crippen LogP contribution in [0.1, 0.15) is 26.5 Å². The van der Waals surface area contributed by atoms with E-state index in [4.69, 9.17) is 27.9 Å². The molecular formula is C16H20Cl2N2O4. The lowest BCUT2D eigenvalue weighted by Crippen LogP contribution is -2.19. The number of halogens is 2. The van der Waals surface area contributed by atoms with Crippen LogP contribution in [0.25, 0.3) is 5.76 Å². The predicted octanol–water partition coefficient (Wildman–Crippen LogP) is 3.31. The second-order valence-electron chi connectivity index (χ2n) is 5.22. The molecule has 0 aliphatic rings. The molecule has 0 aliphatic carbocycles. The topological polar surface area (TPSA) is 92.0 Å². The van der Waals surface area contributed by atoms with Crippen molar-refractivity contribution in [3.05, 3.63) is 33.6 Å². The van der Waals surface area contributed by atoms with E-state index in [1.165, 1.54) is 12.1 Å². The van der Waals surface area contributed by atoms with Crippen LogP contribution in [-0.4, -0.2) is 46.6 Å². The number of aliphatic imine (C=N–C) groups is 1. The molecule has 24 heavy (non-hydrogen) atoms. The van der Waals surface area contributed by atoms with E-state index in [1.54, 1.807) is 6.92 Å². The third kappa shape index (κ3) is 5.47. The normalized spacial score (nSPS) is 14.0. The minimum atomic E-state index is -0.781. The Morgan fingerprint density at radius 3 is 2.62 bits per heavy atom. The summed E-state index contributed by atoms with van der Waals surface area (Å²) in [7, 11) is 0. The molecule has 2 N–H and O–H groups in total. The van der Waals surface area contributed by atoms with Crippen molar-refractivity contribution < 1.29 is 19.7 Å². The number of carbonyl (C=O) groups excluding carboxylic acids is 1. The van der Waals surface area contributed by atoms with E-state index in [1.807, 2.05) is 13.8 Å². The molecule has 1 aromatic heterocycles. The summed E-state index contributed by atoms with van der Waals surface area (Å²) in [5, 5.41) is 20.0. The standard InChI is InChI=1S/C16H20Cl2N2O4/c1-4-24-16(23)10(7-19-12(8-21)9(2)3)15(22)14-11(17)5-6-13(18)20-14/h5-7,9,12,21-22H,4,8H2,1-3H3/b15-10-,19-7?/t12-/m1/s1. The van der Waals surface area contributed by atoms with Crippen LogP contribution in [-0.2, 0) is 9.53 Å². The zero-order valence-electron chi connectivity index (χ0n) is 13.7. The number of pyridine rings is 1. The SMILES string of the molecule is CCOC(=O)/C(C=N[C@H](CO)C(C)C)=C(\O)c1nc(Cl)ccc1Cl. The maximum absolute atomic E-state index is 12.1. The molecule has 1 heterocycles. The zero-order chi connectivity index (χ0) is 18.3. The largest absolute Gasteiger partial charge is 0.505 e. The van der Waals surface area contributed by atoms with Gasteiger partial charge in [0.25, 0.3) is 0 Å². The Balaban J connectivity index is 3.38. The maximum atomic E-state index is 12.1. The molecule has 1 atom stereocenters. The Morgan fingerprint density at radius 2 is 2.08 bits per heavy atom. The summed E-state index contributed by atoms with van der Waals surface area (Å²) in [6.07, 6.45) is 1.16. The second-order valence-corrected chi connectivity index (χ2v) is 6.01. The number of esters is 1. The fourth-order valence-corrected chi connectivity index (χ4v) is 2.07. The van der Waals surface area contributed by atoms with Gasteiger partial charge in [0.2, 0.25) is 0 Å². The first kappa shape index (κ1) is 20.4. The molecule has 0 unspecified atom stereocenters. The number of ether oxygens (including phenoxy) is 1. The predicted molar refractivity (Wildman–Crippen MR) is 94.6 cm³/mol. The number of nitrogens with zero attached hydrogens (tertiary/aromatic N) is 2. The number of hydrogen-bond donors (Lipinski definition) is 2. The molecule has 0 radical (unpaired) electrons. The number of hydrogen-bond acceptors (Lipinski definition) is 6. The molecule has 0 saturated heterocycles. The Bertz CT molecular complexity index is 645. The number of carbonyl (C=O) groups is 1. The molecule has 0 saturated carbocycles. The van der Waals surface area contributed by atoms with Crippen LogP contribution in [0.5, 0.6) is 0 Å². The van der Waals surface area contributed by atoms with Crippen molar-refractivity contribution >= 4 is 41.1 Å². The average Bonchev–Trinajstić information content (AvgIpc) is 2.53. The lowest BCUT2D eigenvalue weighted by atomic mass is 10.1. The third-order valence-electron chi connectivity index (χ3n) is 3.14. The van der Waals surface area contributed by atoms with E-state index in [0.29, 0.717) is 0 Å². The molecule has 0 aromatic carbocycles. The van der Waals surface area contributed by atoms with Crippen molar-refractivity contribution in [2.45, 2.75) is 26.8 Å². The van der Waals surface area contributed by atoms with Crippen molar-refractivity contribution in [2.24, 2.45) is 10.9 Å². The Labute approximate surface area is 150 Å². The summed E-state index contributed by atoms with van der Waals surface area (Å²) in [4.78, 5) is 20.2. The highest BCUT2D eigenvalue weighted by Gasteiger charge is 2.20. The third-order valence-corrected chi connectivity index (χ3v) is 3.65. The van der Waals surface area contributed by atoms with Crippen LogP contribution in [0.15, 0.2) is 22.7 Å². The van der Waals surface area contributed by atoms with Gasteiger partial charge >= 0.3 is 5.97 Å². The van der Waals surface area contributed by atoms with Gasteiger partial charge in [-0.05, 0) is 25.0 Å². The van der Waals surface area contributed by atoms with E-state index in [2.05, 4.69) is 9.98 Å². The van der Waals surface area contributed by atoms with E-state index in [0.717, 1.165) is 6.21 Å². The van der Waals surface area contributed by atoms with Gasteiger partial charge in [-0.1, -0.05) is 37.0 Å². The molecule has 1 rings (SSSR count). The van der Waals surface area contributed by atoms with E-state index in [-0.39, 0.29) is 40.6 Å². The van der Waals surface area contributed by atoms with Crippen LogP contribution in [0.2, 0.25) is 10.2 Å². The monoisotopic (exact) mass is 374 g/mol. The lowest BCUT2D eigenvalue weighted by molar-refractivity contribution is -0.137. The van der Waals surface area contributed by atoms with Gasteiger partial charge in [-0.25, -0.2) is 9.78 Å². The van der Waals surface area contributed by atoms with Gasteiger partial charge < -0.3 is 14.9 Å². The summed E-state index contributed by atoms with van der Waals surface area (Å²) >= 11 is 11.8. The molecule has 0 spiro atoms. The van der Waals surface area contributed by atoms with E-state index >= 15 is 0 Å². The van der Waals surface area contributed by atoms with Gasteiger partial charge in [0.1, 0.15) is 16.4 Å². The first-order valence-corrected chi connectivity index (χ1v) is 8.14. The van der Waals surface area contributed by atoms with Crippen LogP contribution < -0.4 is 0 Å². The molecule has 0 fully saturated rings. The average molecular weight is 375 g/mol. The van der Waals surface area contributed by atoms with Crippen LogP contribution in [0, 0.1) is 5.92 Å². The second kappa shape index (κ2) is 9.61. The highest BCUT2D eigenvalue weighted by atomic mass is 35.5. The van der Waals surface area contributed by atoms with Gasteiger partial charge in [-0.2, -0.15) is 0 Å². The van der Waals surface area contributed by atoms with Gasteiger partial charge in [0.05, 0.1) is 24.3 Å². The highest BCUT2D eigenvalue weighted by molar-refractivity contribution is 6.33. The van der Waals surface area contributed by atoms with Crippen molar-refractivity contribution in [2.75, 3.05) is 13.2 Å². The molecule has 0 amide bonds. The van der Waals surface area contributed by atoms with Crippen LogP contribution in [0.4, 0.5) is 0 Å². The van der Waals surface area contributed by atoms with Crippen LogP contribution in [0.3, 0.4) is 0 Å². The number of rotatable bonds is 7. The van der Waals surface area contributed by atoms with Gasteiger partial charge in [0.15, 0.2) is 5.76 Å². The van der Waals surface area contributed by atoms with Crippen molar-refractivity contribution in [1.82, 2.24) is 4.98 Å². The molecule has 0 bridgehead atoms. The molecule has 6 nitrogen and oxygen atoms in total. The number of aromatic nitrogens is 1. The quantitative estimate of drug-likeness (QED) is 0.251.